The zero-order valence-electron chi connectivity index (χ0n) is 11.7. The zero-order chi connectivity index (χ0) is 15.7. The second-order valence-electron chi connectivity index (χ2n) is 4.99. The Morgan fingerprint density at radius 3 is 3.00 bits per heavy atom. The number of nitrogens with one attached hydrogen (secondary N) is 2. The van der Waals surface area contributed by atoms with Crippen LogP contribution in [0.2, 0.25) is 5.02 Å². The van der Waals surface area contributed by atoms with Crippen LogP contribution in [0.15, 0.2) is 35.7 Å². The average molecular weight is 337 g/mol. The highest BCUT2D eigenvalue weighted by Crippen LogP contribution is 2.35. The van der Waals surface area contributed by atoms with E-state index in [1.165, 1.54) is 18.3 Å². The van der Waals surface area contributed by atoms with Gasteiger partial charge in [-0.1, -0.05) is 17.7 Å². The molecule has 0 bridgehead atoms. The fraction of sp³-hybridized carbons (Fsp3) is 0.200. The number of anilines is 1. The smallest absolute Gasteiger partial charge is 0.278 e. The summed E-state index contributed by atoms with van der Waals surface area (Å²) in [6, 6.07) is 8.66. The molecule has 2 amide bonds. The molecule has 22 heavy (non-hydrogen) atoms. The number of amides is 2. The van der Waals surface area contributed by atoms with Crippen molar-refractivity contribution in [1.82, 2.24) is 5.32 Å². The fourth-order valence-corrected chi connectivity index (χ4v) is 2.91. The Morgan fingerprint density at radius 1 is 1.45 bits per heavy atom. The Balaban J connectivity index is 1.78. The third-order valence-corrected chi connectivity index (χ3v) is 4.49. The third-order valence-electron chi connectivity index (χ3n) is 3.37. The molecule has 0 aliphatic carbocycles. The molecule has 2 heterocycles. The minimum Gasteiger partial charge on any atom is -0.466 e. The summed E-state index contributed by atoms with van der Waals surface area (Å²) in [5.41, 5.74) is -1.15. The highest BCUT2D eigenvalue weighted by atomic mass is 35.5. The molecule has 2 N–H and O–H groups in total. The first-order valence-corrected chi connectivity index (χ1v) is 7.85. The van der Waals surface area contributed by atoms with Crippen molar-refractivity contribution >= 4 is 40.4 Å². The number of hydrogen-bond acceptors (Lipinski definition) is 4. The van der Waals surface area contributed by atoms with Crippen LogP contribution in [-0.2, 0) is 16.1 Å². The summed E-state index contributed by atoms with van der Waals surface area (Å²) in [6.07, 6.45) is 0. The number of thiophene rings is 1. The number of benzene rings is 1. The van der Waals surface area contributed by atoms with Crippen molar-refractivity contribution in [3.63, 3.8) is 0 Å². The van der Waals surface area contributed by atoms with Crippen LogP contribution < -0.4 is 15.4 Å². The molecule has 7 heteroatoms. The van der Waals surface area contributed by atoms with Gasteiger partial charge >= 0.3 is 0 Å². The third kappa shape index (κ3) is 2.67. The highest BCUT2D eigenvalue weighted by Gasteiger charge is 2.47. The monoisotopic (exact) mass is 336 g/mol. The largest absolute Gasteiger partial charge is 0.466 e. The van der Waals surface area contributed by atoms with Crippen LogP contribution in [0.4, 0.5) is 5.69 Å². The summed E-state index contributed by atoms with van der Waals surface area (Å²) in [4.78, 5) is 25.6. The predicted octanol–water partition coefficient (Wildman–Crippen LogP) is 2.81. The summed E-state index contributed by atoms with van der Waals surface area (Å²) in [5.74, 6) is -0.595. The van der Waals surface area contributed by atoms with Crippen molar-refractivity contribution in [3.8, 4) is 5.75 Å². The van der Waals surface area contributed by atoms with Crippen LogP contribution in [0, 0.1) is 0 Å². The van der Waals surface area contributed by atoms with E-state index in [9.17, 15) is 9.59 Å². The highest BCUT2D eigenvalue weighted by molar-refractivity contribution is 7.09. The van der Waals surface area contributed by atoms with Gasteiger partial charge in [0.1, 0.15) is 5.75 Å². The van der Waals surface area contributed by atoms with Gasteiger partial charge < -0.3 is 15.4 Å². The summed E-state index contributed by atoms with van der Waals surface area (Å²) >= 11 is 7.41. The van der Waals surface area contributed by atoms with Crippen LogP contribution in [0.5, 0.6) is 5.75 Å². The molecule has 114 valence electrons. The molecule has 1 aromatic heterocycles. The van der Waals surface area contributed by atoms with E-state index in [4.69, 9.17) is 16.3 Å². The quantitative estimate of drug-likeness (QED) is 0.847. The van der Waals surface area contributed by atoms with Gasteiger partial charge in [0.2, 0.25) is 0 Å². The maximum atomic E-state index is 12.4. The van der Waals surface area contributed by atoms with Crippen LogP contribution in [0.1, 0.15) is 11.8 Å². The molecule has 3 rings (SSSR count). The minimum atomic E-state index is -1.61. The molecule has 0 fully saturated rings. The van der Waals surface area contributed by atoms with E-state index in [-0.39, 0.29) is 0 Å². The second kappa shape index (κ2) is 5.62. The molecule has 0 unspecified atom stereocenters. The predicted molar refractivity (Wildman–Crippen MR) is 85.3 cm³/mol. The summed E-state index contributed by atoms with van der Waals surface area (Å²) < 4.78 is 5.64. The Bertz CT molecular complexity index is 732. The molecule has 0 saturated heterocycles. The van der Waals surface area contributed by atoms with Gasteiger partial charge in [-0.05, 0) is 36.6 Å². The number of hydrogen-bond donors (Lipinski definition) is 2. The number of fused-ring (bicyclic) bond motifs is 1. The number of carbonyl (C=O) groups excluding carboxylic acids is 2. The van der Waals surface area contributed by atoms with Gasteiger partial charge in [-0.25, -0.2) is 0 Å². The van der Waals surface area contributed by atoms with Crippen molar-refractivity contribution in [2.24, 2.45) is 0 Å². The van der Waals surface area contributed by atoms with E-state index in [1.807, 2.05) is 17.5 Å². The maximum absolute atomic E-state index is 12.4. The minimum absolute atomic E-state index is 0.357. The zero-order valence-corrected chi connectivity index (χ0v) is 13.3. The van der Waals surface area contributed by atoms with Crippen molar-refractivity contribution in [2.45, 2.75) is 19.1 Å². The van der Waals surface area contributed by atoms with Crippen LogP contribution >= 0.6 is 22.9 Å². The molecule has 1 aromatic carbocycles. The Kier molecular flexibility index (Phi) is 3.80. The van der Waals surface area contributed by atoms with E-state index < -0.39 is 17.4 Å². The van der Waals surface area contributed by atoms with Gasteiger partial charge in [0.15, 0.2) is 0 Å². The van der Waals surface area contributed by atoms with Gasteiger partial charge in [0.25, 0.3) is 17.4 Å². The van der Waals surface area contributed by atoms with Crippen molar-refractivity contribution in [2.75, 3.05) is 5.32 Å². The lowest BCUT2D eigenvalue weighted by Gasteiger charge is -2.33. The second-order valence-corrected chi connectivity index (χ2v) is 6.46. The van der Waals surface area contributed by atoms with E-state index >= 15 is 0 Å². The SMILES string of the molecule is C[C@@]1(C(=O)NCc2cccs2)Oc2ccc(Cl)cc2NC1=O. The van der Waals surface area contributed by atoms with E-state index in [2.05, 4.69) is 10.6 Å². The molecule has 0 radical (unpaired) electrons. The van der Waals surface area contributed by atoms with E-state index in [1.54, 1.807) is 18.2 Å². The van der Waals surface area contributed by atoms with Crippen LogP contribution in [0.3, 0.4) is 0 Å². The first-order chi connectivity index (χ1) is 10.5. The molecule has 0 spiro atoms. The van der Waals surface area contributed by atoms with Crippen molar-refractivity contribution < 1.29 is 14.3 Å². The van der Waals surface area contributed by atoms with E-state index in [0.717, 1.165) is 4.88 Å². The first-order valence-electron chi connectivity index (χ1n) is 6.60. The Morgan fingerprint density at radius 2 is 2.27 bits per heavy atom. The lowest BCUT2D eigenvalue weighted by Crippen LogP contribution is -2.58. The van der Waals surface area contributed by atoms with Gasteiger partial charge in [-0.2, -0.15) is 0 Å². The Labute approximate surface area is 136 Å². The molecule has 2 aromatic rings. The molecule has 0 saturated carbocycles. The molecule has 5 nitrogen and oxygen atoms in total. The van der Waals surface area contributed by atoms with E-state index in [0.29, 0.717) is 23.0 Å². The molecule has 1 aliphatic heterocycles. The standard InChI is InChI=1S/C15H13ClN2O3S/c1-15(13(19)17-8-10-3-2-6-22-10)14(20)18-11-7-9(16)4-5-12(11)21-15/h2-7H,8H2,1H3,(H,17,19)(H,18,20)/t15-/m0/s1. The van der Waals surface area contributed by atoms with Gasteiger partial charge in [-0.3, -0.25) is 9.59 Å². The lowest BCUT2D eigenvalue weighted by molar-refractivity contribution is -0.146. The van der Waals surface area contributed by atoms with Gasteiger partial charge in [-0.15, -0.1) is 11.3 Å². The maximum Gasteiger partial charge on any atom is 0.278 e. The number of ether oxygens (including phenoxy) is 1. The Hall–Kier alpha value is -2.05. The number of halogens is 1. The number of rotatable bonds is 3. The van der Waals surface area contributed by atoms with Crippen molar-refractivity contribution in [3.05, 3.63) is 45.6 Å². The topological polar surface area (TPSA) is 67.4 Å². The van der Waals surface area contributed by atoms with Gasteiger partial charge in [0, 0.05) is 9.90 Å². The van der Waals surface area contributed by atoms with Crippen LogP contribution in [-0.4, -0.2) is 17.4 Å². The summed E-state index contributed by atoms with van der Waals surface area (Å²) in [6.45, 7) is 1.81. The fourth-order valence-electron chi connectivity index (χ4n) is 2.10. The molecule has 1 atom stereocenters. The number of carbonyl (C=O) groups is 2. The molecule has 1 aliphatic rings. The molecular weight excluding hydrogens is 324 g/mol. The molecular formula is C15H13ClN2O3S. The summed E-state index contributed by atoms with van der Waals surface area (Å²) in [7, 11) is 0. The summed E-state index contributed by atoms with van der Waals surface area (Å²) in [5, 5.41) is 7.79. The first kappa shape index (κ1) is 14.9. The van der Waals surface area contributed by atoms with Crippen LogP contribution in [0.25, 0.3) is 0 Å². The lowest BCUT2D eigenvalue weighted by atomic mass is 10.0. The van der Waals surface area contributed by atoms with Crippen molar-refractivity contribution in [1.29, 1.82) is 0 Å². The van der Waals surface area contributed by atoms with Gasteiger partial charge in [0.05, 0.1) is 12.2 Å². The normalized spacial score (nSPS) is 19.8. The average Bonchev–Trinajstić information content (AvgIpc) is 2.99.